The summed E-state index contributed by atoms with van der Waals surface area (Å²) < 4.78 is 11.0. The van der Waals surface area contributed by atoms with Crippen LogP contribution in [0.1, 0.15) is 11.1 Å². The summed E-state index contributed by atoms with van der Waals surface area (Å²) in [6.45, 7) is 1.07. The summed E-state index contributed by atoms with van der Waals surface area (Å²) in [5, 5.41) is 0.699. The van der Waals surface area contributed by atoms with Gasteiger partial charge in [-0.2, -0.15) is 0 Å². The molecule has 0 spiro atoms. The maximum Gasteiger partial charge on any atom is 0.123 e. The van der Waals surface area contributed by atoms with Crippen molar-refractivity contribution in [3.05, 3.63) is 58.6 Å². The van der Waals surface area contributed by atoms with Crippen molar-refractivity contribution in [2.45, 2.75) is 13.0 Å². The van der Waals surface area contributed by atoms with Crippen molar-refractivity contribution in [2.75, 3.05) is 13.7 Å². The number of ether oxygens (including phenoxy) is 2. The average molecular weight is 292 g/mol. The van der Waals surface area contributed by atoms with E-state index < -0.39 is 0 Å². The fraction of sp³-hybridized carbons (Fsp3) is 0.250. The lowest BCUT2D eigenvalue weighted by Crippen LogP contribution is -2.05. The molecule has 3 nitrogen and oxygen atoms in total. The van der Waals surface area contributed by atoms with Crippen molar-refractivity contribution in [2.24, 2.45) is 5.73 Å². The molecule has 0 unspecified atom stereocenters. The van der Waals surface area contributed by atoms with Crippen LogP contribution in [0.4, 0.5) is 0 Å². The maximum absolute atomic E-state index is 5.99. The molecule has 0 saturated carbocycles. The SMILES string of the molecule is COc1ccc(COc2ccc(Cl)cc2CCN)cc1. The molecule has 20 heavy (non-hydrogen) atoms. The Bertz CT molecular complexity index is 555. The summed E-state index contributed by atoms with van der Waals surface area (Å²) >= 11 is 5.99. The van der Waals surface area contributed by atoms with Gasteiger partial charge >= 0.3 is 0 Å². The van der Waals surface area contributed by atoms with Gasteiger partial charge in [-0.3, -0.25) is 0 Å². The molecule has 0 radical (unpaired) electrons. The van der Waals surface area contributed by atoms with E-state index in [4.69, 9.17) is 26.8 Å². The van der Waals surface area contributed by atoms with Gasteiger partial charge in [0.05, 0.1) is 7.11 Å². The molecule has 0 atom stereocenters. The molecule has 0 aliphatic carbocycles. The maximum atomic E-state index is 5.99. The van der Waals surface area contributed by atoms with Crippen LogP contribution in [0.25, 0.3) is 0 Å². The fourth-order valence-electron chi connectivity index (χ4n) is 1.92. The Labute approximate surface area is 124 Å². The zero-order valence-corrected chi connectivity index (χ0v) is 12.2. The number of hydrogen-bond acceptors (Lipinski definition) is 3. The van der Waals surface area contributed by atoms with E-state index in [2.05, 4.69) is 0 Å². The van der Waals surface area contributed by atoms with E-state index in [1.807, 2.05) is 42.5 Å². The van der Waals surface area contributed by atoms with Crippen molar-refractivity contribution in [1.29, 1.82) is 0 Å². The third-order valence-electron chi connectivity index (χ3n) is 2.99. The normalized spacial score (nSPS) is 10.3. The first-order valence-electron chi connectivity index (χ1n) is 6.47. The van der Waals surface area contributed by atoms with Gasteiger partial charge in [-0.05, 0) is 54.4 Å². The highest BCUT2D eigenvalue weighted by atomic mass is 35.5. The number of rotatable bonds is 6. The monoisotopic (exact) mass is 291 g/mol. The second-order valence-corrected chi connectivity index (χ2v) is 4.86. The van der Waals surface area contributed by atoms with E-state index in [1.54, 1.807) is 7.11 Å². The van der Waals surface area contributed by atoms with E-state index in [0.29, 0.717) is 18.2 Å². The molecule has 2 N–H and O–H groups in total. The molecule has 2 aromatic carbocycles. The predicted molar refractivity (Wildman–Crippen MR) is 81.5 cm³/mol. The molecule has 106 valence electrons. The van der Waals surface area contributed by atoms with E-state index in [1.165, 1.54) is 0 Å². The Morgan fingerprint density at radius 3 is 2.50 bits per heavy atom. The predicted octanol–water partition coefficient (Wildman–Crippen LogP) is 3.43. The third kappa shape index (κ3) is 3.89. The summed E-state index contributed by atoms with van der Waals surface area (Å²) in [6.07, 6.45) is 0.749. The molecule has 0 fully saturated rings. The Morgan fingerprint density at radius 1 is 1.10 bits per heavy atom. The van der Waals surface area contributed by atoms with Crippen LogP contribution < -0.4 is 15.2 Å². The summed E-state index contributed by atoms with van der Waals surface area (Å²) in [5.41, 5.74) is 7.72. The topological polar surface area (TPSA) is 44.5 Å². The molecule has 0 heterocycles. The average Bonchev–Trinajstić information content (AvgIpc) is 2.47. The molecule has 0 saturated heterocycles. The number of nitrogens with two attached hydrogens (primary N) is 1. The van der Waals surface area contributed by atoms with Crippen LogP contribution >= 0.6 is 11.6 Å². The van der Waals surface area contributed by atoms with Gasteiger partial charge in [-0.25, -0.2) is 0 Å². The first-order chi connectivity index (χ1) is 9.72. The van der Waals surface area contributed by atoms with Crippen LogP contribution in [0.3, 0.4) is 0 Å². The van der Waals surface area contributed by atoms with Gasteiger partial charge in [0.15, 0.2) is 0 Å². The van der Waals surface area contributed by atoms with Crippen LogP contribution in [0.2, 0.25) is 5.02 Å². The second-order valence-electron chi connectivity index (χ2n) is 4.43. The Morgan fingerprint density at radius 2 is 1.85 bits per heavy atom. The van der Waals surface area contributed by atoms with E-state index in [0.717, 1.165) is 29.0 Å². The van der Waals surface area contributed by atoms with Gasteiger partial charge in [0.1, 0.15) is 18.1 Å². The number of methoxy groups -OCH3 is 1. The highest BCUT2D eigenvalue weighted by molar-refractivity contribution is 6.30. The number of hydrogen-bond donors (Lipinski definition) is 1. The fourth-order valence-corrected chi connectivity index (χ4v) is 2.12. The van der Waals surface area contributed by atoms with Gasteiger partial charge in [0.2, 0.25) is 0 Å². The Balaban J connectivity index is 2.05. The first kappa shape index (κ1) is 14.7. The van der Waals surface area contributed by atoms with Crippen LogP contribution in [-0.4, -0.2) is 13.7 Å². The molecular formula is C16H18ClNO2. The van der Waals surface area contributed by atoms with Crippen molar-refractivity contribution < 1.29 is 9.47 Å². The Hall–Kier alpha value is -1.71. The molecule has 0 aliphatic heterocycles. The Kier molecular flexibility index (Phi) is 5.27. The third-order valence-corrected chi connectivity index (χ3v) is 3.22. The standard InChI is InChI=1S/C16H18ClNO2/c1-19-15-5-2-12(3-6-15)11-20-16-7-4-14(17)10-13(16)8-9-18/h2-7,10H,8-9,11,18H2,1H3. The minimum absolute atomic E-state index is 0.503. The minimum Gasteiger partial charge on any atom is -0.497 e. The van der Waals surface area contributed by atoms with E-state index in [9.17, 15) is 0 Å². The summed E-state index contributed by atoms with van der Waals surface area (Å²) in [4.78, 5) is 0. The largest absolute Gasteiger partial charge is 0.497 e. The molecule has 0 aliphatic rings. The smallest absolute Gasteiger partial charge is 0.123 e. The van der Waals surface area contributed by atoms with E-state index in [-0.39, 0.29) is 0 Å². The van der Waals surface area contributed by atoms with E-state index >= 15 is 0 Å². The van der Waals surface area contributed by atoms with Gasteiger partial charge in [0, 0.05) is 5.02 Å². The number of benzene rings is 2. The zero-order valence-electron chi connectivity index (χ0n) is 11.4. The van der Waals surface area contributed by atoms with Gasteiger partial charge in [0.25, 0.3) is 0 Å². The molecule has 0 bridgehead atoms. The quantitative estimate of drug-likeness (QED) is 0.887. The van der Waals surface area contributed by atoms with Crippen molar-refractivity contribution in [3.8, 4) is 11.5 Å². The first-order valence-corrected chi connectivity index (χ1v) is 6.85. The summed E-state index contributed by atoms with van der Waals surface area (Å²) in [5.74, 6) is 1.67. The second kappa shape index (κ2) is 7.17. The highest BCUT2D eigenvalue weighted by Crippen LogP contribution is 2.24. The van der Waals surface area contributed by atoms with Gasteiger partial charge < -0.3 is 15.2 Å². The van der Waals surface area contributed by atoms with Crippen LogP contribution in [-0.2, 0) is 13.0 Å². The zero-order chi connectivity index (χ0) is 14.4. The highest BCUT2D eigenvalue weighted by Gasteiger charge is 2.05. The lowest BCUT2D eigenvalue weighted by atomic mass is 10.1. The minimum atomic E-state index is 0.503. The number of halogens is 1. The molecule has 2 aromatic rings. The van der Waals surface area contributed by atoms with Crippen molar-refractivity contribution in [3.63, 3.8) is 0 Å². The summed E-state index contributed by atoms with van der Waals surface area (Å²) in [7, 11) is 1.65. The van der Waals surface area contributed by atoms with Gasteiger partial charge in [-0.15, -0.1) is 0 Å². The summed E-state index contributed by atoms with van der Waals surface area (Å²) in [6, 6.07) is 13.4. The lowest BCUT2D eigenvalue weighted by Gasteiger charge is -2.12. The molecule has 0 aromatic heterocycles. The lowest BCUT2D eigenvalue weighted by molar-refractivity contribution is 0.302. The molecule has 4 heteroatoms. The van der Waals surface area contributed by atoms with Gasteiger partial charge in [-0.1, -0.05) is 23.7 Å². The molecular weight excluding hydrogens is 274 g/mol. The van der Waals surface area contributed by atoms with Crippen LogP contribution in [0.15, 0.2) is 42.5 Å². The van der Waals surface area contributed by atoms with Crippen LogP contribution in [0, 0.1) is 0 Å². The molecule has 2 rings (SSSR count). The van der Waals surface area contributed by atoms with Crippen LogP contribution in [0.5, 0.6) is 11.5 Å². The van der Waals surface area contributed by atoms with Crippen molar-refractivity contribution >= 4 is 11.6 Å². The van der Waals surface area contributed by atoms with Crippen molar-refractivity contribution in [1.82, 2.24) is 0 Å². The molecule has 0 amide bonds.